The molecule has 0 aromatic carbocycles. The summed E-state index contributed by atoms with van der Waals surface area (Å²) in [6.45, 7) is 0.761. The quantitative estimate of drug-likeness (QED) is 0.817. The highest BCUT2D eigenvalue weighted by molar-refractivity contribution is 7.80. The van der Waals surface area contributed by atoms with Gasteiger partial charge >= 0.3 is 0 Å². The Morgan fingerprint density at radius 1 is 1.50 bits per heavy atom. The number of nitrogens with zero attached hydrogens (tertiary/aromatic N) is 1. The number of nitrogens with two attached hydrogens (primary N) is 1. The standard InChI is InChI=1S/C11H11N3S2/c12-11(15)9-1-3-13-10(5-9)14-6-8-2-4-16-7-8/h1-5,7H,6H2,(H2,12,15)(H,13,14). The molecule has 2 aromatic heterocycles. The molecular weight excluding hydrogens is 238 g/mol. The van der Waals surface area contributed by atoms with Crippen LogP contribution in [0.4, 0.5) is 5.82 Å². The maximum absolute atomic E-state index is 5.55. The third kappa shape index (κ3) is 2.77. The third-order valence-corrected chi connectivity index (χ3v) is 3.07. The van der Waals surface area contributed by atoms with E-state index in [1.807, 2.05) is 6.07 Å². The van der Waals surface area contributed by atoms with E-state index in [-0.39, 0.29) is 0 Å². The zero-order chi connectivity index (χ0) is 11.4. The van der Waals surface area contributed by atoms with E-state index in [0.717, 1.165) is 17.9 Å². The molecule has 0 amide bonds. The van der Waals surface area contributed by atoms with Crippen LogP contribution in [0.5, 0.6) is 0 Å². The normalized spacial score (nSPS) is 10.0. The van der Waals surface area contributed by atoms with Crippen LogP contribution in [-0.2, 0) is 6.54 Å². The van der Waals surface area contributed by atoms with Crippen molar-refractivity contribution in [2.24, 2.45) is 5.73 Å². The number of aromatic nitrogens is 1. The summed E-state index contributed by atoms with van der Waals surface area (Å²) in [6.07, 6.45) is 1.70. The predicted octanol–water partition coefficient (Wildman–Crippen LogP) is 2.39. The number of thiocarbonyl (C=S) groups is 1. The van der Waals surface area contributed by atoms with Crippen LogP contribution in [0.1, 0.15) is 11.1 Å². The van der Waals surface area contributed by atoms with Gasteiger partial charge < -0.3 is 11.1 Å². The lowest BCUT2D eigenvalue weighted by molar-refractivity contribution is 1.12. The summed E-state index contributed by atoms with van der Waals surface area (Å²) in [7, 11) is 0. The largest absolute Gasteiger partial charge is 0.389 e. The average molecular weight is 249 g/mol. The van der Waals surface area contributed by atoms with E-state index in [2.05, 4.69) is 27.1 Å². The fourth-order valence-corrected chi connectivity index (χ4v) is 2.06. The molecule has 16 heavy (non-hydrogen) atoms. The second kappa shape index (κ2) is 5.05. The monoisotopic (exact) mass is 249 g/mol. The molecule has 3 nitrogen and oxygen atoms in total. The Morgan fingerprint density at radius 3 is 3.06 bits per heavy atom. The van der Waals surface area contributed by atoms with Crippen molar-refractivity contribution in [2.45, 2.75) is 6.54 Å². The summed E-state index contributed by atoms with van der Waals surface area (Å²) in [4.78, 5) is 4.59. The van der Waals surface area contributed by atoms with Gasteiger partial charge in [0.25, 0.3) is 0 Å². The van der Waals surface area contributed by atoms with Gasteiger partial charge in [0.1, 0.15) is 10.8 Å². The maximum atomic E-state index is 5.55. The Balaban J connectivity index is 2.04. The molecule has 0 aliphatic carbocycles. The molecule has 0 aliphatic heterocycles. The number of thiophene rings is 1. The van der Waals surface area contributed by atoms with Gasteiger partial charge in [0.15, 0.2) is 0 Å². The number of anilines is 1. The van der Waals surface area contributed by atoms with E-state index in [1.165, 1.54) is 5.56 Å². The van der Waals surface area contributed by atoms with Gasteiger partial charge in [-0.1, -0.05) is 12.2 Å². The van der Waals surface area contributed by atoms with E-state index in [1.54, 1.807) is 23.6 Å². The second-order valence-corrected chi connectivity index (χ2v) is 4.50. The number of hydrogen-bond acceptors (Lipinski definition) is 4. The molecule has 2 rings (SSSR count). The first-order valence-electron chi connectivity index (χ1n) is 4.76. The van der Waals surface area contributed by atoms with Crippen molar-refractivity contribution in [3.8, 4) is 0 Å². The van der Waals surface area contributed by atoms with Crippen molar-refractivity contribution >= 4 is 34.4 Å². The number of hydrogen-bond donors (Lipinski definition) is 2. The minimum Gasteiger partial charge on any atom is -0.389 e. The molecule has 2 heterocycles. The molecule has 0 spiro atoms. The maximum Gasteiger partial charge on any atom is 0.126 e. The van der Waals surface area contributed by atoms with Crippen molar-refractivity contribution in [1.29, 1.82) is 0 Å². The predicted molar refractivity (Wildman–Crippen MR) is 71.8 cm³/mol. The number of nitrogens with one attached hydrogen (secondary N) is 1. The van der Waals surface area contributed by atoms with Crippen LogP contribution in [0, 0.1) is 0 Å². The smallest absolute Gasteiger partial charge is 0.126 e. The first-order valence-corrected chi connectivity index (χ1v) is 6.11. The lowest BCUT2D eigenvalue weighted by Crippen LogP contribution is -2.10. The molecule has 5 heteroatoms. The molecule has 0 saturated heterocycles. The first-order chi connectivity index (χ1) is 7.75. The number of pyridine rings is 1. The first kappa shape index (κ1) is 11.0. The zero-order valence-corrected chi connectivity index (χ0v) is 10.1. The van der Waals surface area contributed by atoms with Crippen LogP contribution in [0.15, 0.2) is 35.2 Å². The van der Waals surface area contributed by atoms with E-state index in [9.17, 15) is 0 Å². The Bertz CT molecular complexity index is 480. The minimum atomic E-state index is 0.390. The van der Waals surface area contributed by atoms with Crippen molar-refractivity contribution in [2.75, 3.05) is 5.32 Å². The van der Waals surface area contributed by atoms with Gasteiger partial charge in [-0.15, -0.1) is 0 Å². The van der Waals surface area contributed by atoms with Gasteiger partial charge in [0.2, 0.25) is 0 Å². The zero-order valence-electron chi connectivity index (χ0n) is 8.51. The Hall–Kier alpha value is -1.46. The van der Waals surface area contributed by atoms with Crippen molar-refractivity contribution in [1.82, 2.24) is 4.98 Å². The molecule has 0 aliphatic rings. The fraction of sp³-hybridized carbons (Fsp3) is 0.0909. The van der Waals surface area contributed by atoms with Gasteiger partial charge in [-0.2, -0.15) is 11.3 Å². The molecule has 2 aromatic rings. The van der Waals surface area contributed by atoms with E-state index >= 15 is 0 Å². The van der Waals surface area contributed by atoms with Gasteiger partial charge in [0, 0.05) is 18.3 Å². The summed E-state index contributed by atoms with van der Waals surface area (Å²) in [5, 5.41) is 7.38. The van der Waals surface area contributed by atoms with E-state index < -0.39 is 0 Å². The van der Waals surface area contributed by atoms with Crippen LogP contribution in [-0.4, -0.2) is 9.97 Å². The molecular formula is C11H11N3S2. The third-order valence-electron chi connectivity index (χ3n) is 2.10. The Kier molecular flexibility index (Phi) is 3.48. The molecule has 0 saturated carbocycles. The summed E-state index contributed by atoms with van der Waals surface area (Å²) < 4.78 is 0. The summed E-state index contributed by atoms with van der Waals surface area (Å²) in [6, 6.07) is 5.74. The van der Waals surface area contributed by atoms with Crippen LogP contribution in [0.2, 0.25) is 0 Å². The molecule has 0 fully saturated rings. The van der Waals surface area contributed by atoms with Crippen molar-refractivity contribution in [3.63, 3.8) is 0 Å². The van der Waals surface area contributed by atoms with Crippen LogP contribution < -0.4 is 11.1 Å². The highest BCUT2D eigenvalue weighted by atomic mass is 32.1. The van der Waals surface area contributed by atoms with Crippen LogP contribution in [0.25, 0.3) is 0 Å². The minimum absolute atomic E-state index is 0.390. The number of rotatable bonds is 4. The molecule has 0 unspecified atom stereocenters. The summed E-state index contributed by atoms with van der Waals surface area (Å²) in [5.74, 6) is 0.788. The molecule has 82 valence electrons. The topological polar surface area (TPSA) is 50.9 Å². The Labute approximate surface area is 103 Å². The van der Waals surface area contributed by atoms with Gasteiger partial charge in [-0.25, -0.2) is 4.98 Å². The summed E-state index contributed by atoms with van der Waals surface area (Å²) >= 11 is 6.59. The van der Waals surface area contributed by atoms with Crippen molar-refractivity contribution < 1.29 is 0 Å². The van der Waals surface area contributed by atoms with E-state index in [4.69, 9.17) is 18.0 Å². The highest BCUT2D eigenvalue weighted by Crippen LogP contribution is 2.10. The SMILES string of the molecule is NC(=S)c1ccnc(NCc2ccsc2)c1. The van der Waals surface area contributed by atoms with Gasteiger partial charge in [-0.3, -0.25) is 0 Å². The average Bonchev–Trinajstić information content (AvgIpc) is 2.79. The lowest BCUT2D eigenvalue weighted by Gasteiger charge is -2.05. The Morgan fingerprint density at radius 2 is 2.38 bits per heavy atom. The highest BCUT2D eigenvalue weighted by Gasteiger charge is 1.99. The lowest BCUT2D eigenvalue weighted by atomic mass is 10.2. The fourth-order valence-electron chi connectivity index (χ4n) is 1.27. The molecule has 0 radical (unpaired) electrons. The van der Waals surface area contributed by atoms with Gasteiger partial charge in [0.05, 0.1) is 0 Å². The summed E-state index contributed by atoms with van der Waals surface area (Å²) in [5.41, 5.74) is 7.63. The molecule has 0 atom stereocenters. The van der Waals surface area contributed by atoms with Gasteiger partial charge in [-0.05, 0) is 34.5 Å². The van der Waals surface area contributed by atoms with E-state index in [0.29, 0.717) is 4.99 Å². The van der Waals surface area contributed by atoms with Crippen LogP contribution >= 0.6 is 23.6 Å². The molecule has 3 N–H and O–H groups in total. The molecule has 0 bridgehead atoms. The van der Waals surface area contributed by atoms with Crippen LogP contribution in [0.3, 0.4) is 0 Å². The van der Waals surface area contributed by atoms with Crippen molar-refractivity contribution in [3.05, 3.63) is 46.3 Å². The second-order valence-electron chi connectivity index (χ2n) is 3.28.